The third-order valence-electron chi connectivity index (χ3n) is 4.33. The molecule has 0 spiro atoms. The van der Waals surface area contributed by atoms with Crippen LogP contribution in [0.5, 0.6) is 0 Å². The molecule has 5 nitrogen and oxygen atoms in total. The van der Waals surface area contributed by atoms with Crippen molar-refractivity contribution in [2.24, 2.45) is 0 Å². The molecule has 2 N–H and O–H groups in total. The van der Waals surface area contributed by atoms with E-state index in [9.17, 15) is 9.59 Å². The third-order valence-corrected chi connectivity index (χ3v) is 6.05. The SMILES string of the molecule is CCCCNC(=O)C[NH+]1CCN(C(=O)CSc2cc(Cl)ccc2Cl)CC1. The number of nitrogens with zero attached hydrogens (tertiary/aromatic N) is 1. The van der Waals surface area contributed by atoms with Gasteiger partial charge < -0.3 is 15.1 Å². The van der Waals surface area contributed by atoms with Gasteiger partial charge >= 0.3 is 0 Å². The van der Waals surface area contributed by atoms with Gasteiger partial charge in [-0.05, 0) is 24.6 Å². The highest BCUT2D eigenvalue weighted by Crippen LogP contribution is 2.29. The molecule has 8 heteroatoms. The lowest BCUT2D eigenvalue weighted by atomic mass is 10.3. The second-order valence-corrected chi connectivity index (χ2v) is 8.24. The van der Waals surface area contributed by atoms with Gasteiger partial charge in [0, 0.05) is 16.5 Å². The summed E-state index contributed by atoms with van der Waals surface area (Å²) in [4.78, 5) is 28.2. The van der Waals surface area contributed by atoms with Gasteiger partial charge in [-0.15, -0.1) is 11.8 Å². The highest BCUT2D eigenvalue weighted by atomic mass is 35.5. The first-order chi connectivity index (χ1) is 12.5. The lowest BCUT2D eigenvalue weighted by Crippen LogP contribution is -3.15. The number of piperazine rings is 1. The van der Waals surface area contributed by atoms with Gasteiger partial charge in [-0.25, -0.2) is 0 Å². The van der Waals surface area contributed by atoms with Crippen LogP contribution in [0.3, 0.4) is 0 Å². The van der Waals surface area contributed by atoms with Crippen LogP contribution in [0, 0.1) is 0 Å². The summed E-state index contributed by atoms with van der Waals surface area (Å²) in [6.45, 7) is 6.30. The summed E-state index contributed by atoms with van der Waals surface area (Å²) in [6, 6.07) is 5.25. The van der Waals surface area contributed by atoms with Crippen molar-refractivity contribution < 1.29 is 14.5 Å². The Bertz CT molecular complexity index is 622. The number of halogens is 2. The lowest BCUT2D eigenvalue weighted by Gasteiger charge is -2.31. The van der Waals surface area contributed by atoms with Crippen molar-refractivity contribution in [1.82, 2.24) is 10.2 Å². The number of hydrogen-bond acceptors (Lipinski definition) is 3. The Balaban J connectivity index is 1.71. The zero-order chi connectivity index (χ0) is 18.9. The molecule has 1 aromatic rings. The molecule has 0 atom stereocenters. The fourth-order valence-electron chi connectivity index (χ4n) is 2.76. The molecule has 26 heavy (non-hydrogen) atoms. The number of unbranched alkanes of at least 4 members (excludes halogenated alkanes) is 1. The number of amides is 2. The molecule has 1 aliphatic rings. The molecule has 0 unspecified atom stereocenters. The number of rotatable bonds is 8. The summed E-state index contributed by atoms with van der Waals surface area (Å²) < 4.78 is 0. The molecule has 0 saturated carbocycles. The van der Waals surface area contributed by atoms with Gasteiger partial charge in [0.2, 0.25) is 5.91 Å². The normalized spacial score (nSPS) is 15.1. The summed E-state index contributed by atoms with van der Waals surface area (Å²) in [5, 5.41) is 4.16. The van der Waals surface area contributed by atoms with Crippen LogP contribution in [0.2, 0.25) is 10.0 Å². The topological polar surface area (TPSA) is 53.9 Å². The highest BCUT2D eigenvalue weighted by molar-refractivity contribution is 8.00. The summed E-state index contributed by atoms with van der Waals surface area (Å²) in [7, 11) is 0. The lowest BCUT2D eigenvalue weighted by molar-refractivity contribution is -0.896. The zero-order valence-corrected chi connectivity index (χ0v) is 17.4. The van der Waals surface area contributed by atoms with E-state index in [1.165, 1.54) is 16.7 Å². The van der Waals surface area contributed by atoms with E-state index in [1.807, 2.05) is 4.90 Å². The maximum absolute atomic E-state index is 12.4. The zero-order valence-electron chi connectivity index (χ0n) is 15.0. The summed E-state index contributed by atoms with van der Waals surface area (Å²) in [5.41, 5.74) is 0. The van der Waals surface area contributed by atoms with Gasteiger partial charge in [0.1, 0.15) is 0 Å². The van der Waals surface area contributed by atoms with Crippen molar-refractivity contribution in [3.63, 3.8) is 0 Å². The molecule has 144 valence electrons. The number of carbonyl (C=O) groups excluding carboxylic acids is 2. The van der Waals surface area contributed by atoms with E-state index in [0.29, 0.717) is 35.4 Å². The van der Waals surface area contributed by atoms with Gasteiger partial charge in [-0.3, -0.25) is 9.59 Å². The molecule has 0 aliphatic carbocycles. The Labute approximate surface area is 169 Å². The largest absolute Gasteiger partial charge is 0.351 e. The van der Waals surface area contributed by atoms with Gasteiger partial charge in [0.15, 0.2) is 6.54 Å². The average molecular weight is 419 g/mol. The van der Waals surface area contributed by atoms with Gasteiger partial charge in [0.05, 0.1) is 37.0 Å². The van der Waals surface area contributed by atoms with Crippen LogP contribution < -0.4 is 10.2 Å². The van der Waals surface area contributed by atoms with E-state index in [2.05, 4.69) is 12.2 Å². The first-order valence-electron chi connectivity index (χ1n) is 8.95. The van der Waals surface area contributed by atoms with Crippen molar-refractivity contribution in [2.45, 2.75) is 24.7 Å². The number of quaternary nitrogens is 1. The minimum absolute atomic E-state index is 0.0949. The standard InChI is InChI=1S/C18H25Cl2N3O2S/c1-2-3-6-21-17(24)12-22-7-9-23(10-8-22)18(25)13-26-16-11-14(19)4-5-15(16)20/h4-5,11H,2-3,6-10,12-13H2,1H3,(H,21,24)/p+1. The summed E-state index contributed by atoms with van der Waals surface area (Å²) in [6.07, 6.45) is 2.09. The monoisotopic (exact) mass is 418 g/mol. The van der Waals surface area contributed by atoms with E-state index in [4.69, 9.17) is 23.2 Å². The van der Waals surface area contributed by atoms with Crippen molar-refractivity contribution >= 4 is 46.8 Å². The van der Waals surface area contributed by atoms with Crippen LogP contribution in [0.4, 0.5) is 0 Å². The number of carbonyl (C=O) groups is 2. The van der Waals surface area contributed by atoms with E-state index in [0.717, 1.165) is 37.4 Å². The molecule has 0 radical (unpaired) electrons. The molecule has 1 aliphatic heterocycles. The van der Waals surface area contributed by atoms with Crippen LogP contribution in [-0.2, 0) is 9.59 Å². The second kappa shape index (κ2) is 11.0. The Morgan fingerprint density at radius 1 is 1.27 bits per heavy atom. The Kier molecular flexibility index (Phi) is 9.05. The van der Waals surface area contributed by atoms with Crippen LogP contribution >= 0.6 is 35.0 Å². The number of benzene rings is 1. The van der Waals surface area contributed by atoms with Crippen LogP contribution in [0.25, 0.3) is 0 Å². The van der Waals surface area contributed by atoms with Crippen LogP contribution in [0.1, 0.15) is 19.8 Å². The molecular formula is C18H26Cl2N3O2S+. The van der Waals surface area contributed by atoms with Crippen molar-refractivity contribution in [1.29, 1.82) is 0 Å². The van der Waals surface area contributed by atoms with Crippen LogP contribution in [0.15, 0.2) is 23.1 Å². The molecule has 1 aromatic carbocycles. The Hall–Kier alpha value is -0.950. The Morgan fingerprint density at radius 3 is 2.69 bits per heavy atom. The number of nitrogens with one attached hydrogen (secondary N) is 2. The fraction of sp³-hybridized carbons (Fsp3) is 0.556. The molecular weight excluding hydrogens is 393 g/mol. The molecule has 2 rings (SSSR count). The Morgan fingerprint density at radius 2 is 2.00 bits per heavy atom. The molecule has 2 amide bonds. The van der Waals surface area contributed by atoms with E-state index in [1.54, 1.807) is 18.2 Å². The number of thioether (sulfide) groups is 1. The van der Waals surface area contributed by atoms with Crippen LogP contribution in [-0.4, -0.2) is 61.7 Å². The number of hydrogen-bond donors (Lipinski definition) is 2. The molecule has 1 heterocycles. The molecule has 1 saturated heterocycles. The predicted octanol–water partition coefficient (Wildman–Crippen LogP) is 1.73. The summed E-state index contributed by atoms with van der Waals surface area (Å²) >= 11 is 13.5. The second-order valence-electron chi connectivity index (χ2n) is 6.37. The minimum Gasteiger partial charge on any atom is -0.351 e. The quantitative estimate of drug-likeness (QED) is 0.499. The first-order valence-corrected chi connectivity index (χ1v) is 10.7. The van der Waals surface area contributed by atoms with E-state index in [-0.39, 0.29) is 11.8 Å². The fourth-order valence-corrected chi connectivity index (χ4v) is 4.16. The van der Waals surface area contributed by atoms with Crippen molar-refractivity contribution in [3.05, 3.63) is 28.2 Å². The smallest absolute Gasteiger partial charge is 0.275 e. The summed E-state index contributed by atoms with van der Waals surface area (Å²) in [5.74, 6) is 0.532. The van der Waals surface area contributed by atoms with E-state index < -0.39 is 0 Å². The third kappa shape index (κ3) is 6.99. The maximum Gasteiger partial charge on any atom is 0.275 e. The van der Waals surface area contributed by atoms with Gasteiger partial charge in [0.25, 0.3) is 5.91 Å². The van der Waals surface area contributed by atoms with Gasteiger partial charge in [-0.1, -0.05) is 36.5 Å². The minimum atomic E-state index is 0.0949. The van der Waals surface area contributed by atoms with Crippen molar-refractivity contribution in [2.75, 3.05) is 45.0 Å². The highest BCUT2D eigenvalue weighted by Gasteiger charge is 2.25. The maximum atomic E-state index is 12.4. The molecule has 1 fully saturated rings. The average Bonchev–Trinajstić information content (AvgIpc) is 2.63. The van der Waals surface area contributed by atoms with Gasteiger partial charge in [-0.2, -0.15) is 0 Å². The molecule has 0 bridgehead atoms. The van der Waals surface area contributed by atoms with Crippen molar-refractivity contribution in [3.8, 4) is 0 Å². The first kappa shape index (κ1) is 21.4. The predicted molar refractivity (Wildman–Crippen MR) is 107 cm³/mol. The molecule has 0 aromatic heterocycles. The van der Waals surface area contributed by atoms with E-state index >= 15 is 0 Å².